The van der Waals surface area contributed by atoms with E-state index < -0.39 is 47.3 Å². The molecule has 0 heterocycles. The van der Waals surface area contributed by atoms with Crippen LogP contribution < -0.4 is 10.1 Å². The Bertz CT molecular complexity index is 919. The molecule has 2 rings (SSSR count). The van der Waals surface area contributed by atoms with E-state index in [1.165, 1.54) is 19.1 Å². The van der Waals surface area contributed by atoms with Gasteiger partial charge in [-0.2, -0.15) is 26.3 Å². The van der Waals surface area contributed by atoms with Crippen molar-refractivity contribution in [2.45, 2.75) is 52.6 Å². The lowest BCUT2D eigenvalue weighted by molar-refractivity contribution is -0.140. The summed E-state index contributed by atoms with van der Waals surface area (Å²) in [6, 6.07) is 5.26. The number of nitrogens with one attached hydrogen (secondary N) is 1. The van der Waals surface area contributed by atoms with Gasteiger partial charge >= 0.3 is 12.4 Å². The molecule has 3 nitrogen and oxygen atoms in total. The Labute approximate surface area is 170 Å². The molecule has 0 spiro atoms. The van der Waals surface area contributed by atoms with Crippen molar-refractivity contribution < 1.29 is 35.9 Å². The molecule has 0 fully saturated rings. The summed E-state index contributed by atoms with van der Waals surface area (Å²) in [5.41, 5.74) is -1.77. The van der Waals surface area contributed by atoms with E-state index in [0.717, 1.165) is 18.2 Å². The first kappa shape index (κ1) is 23.6. The second-order valence-electron chi connectivity index (χ2n) is 6.65. The van der Waals surface area contributed by atoms with Crippen LogP contribution in [0.2, 0.25) is 0 Å². The van der Waals surface area contributed by atoms with Gasteiger partial charge in [0.2, 0.25) is 5.91 Å². The molecule has 2 aromatic rings. The van der Waals surface area contributed by atoms with Crippen molar-refractivity contribution >= 4 is 11.6 Å². The minimum absolute atomic E-state index is 0.0203. The minimum atomic E-state index is -4.78. The number of carbonyl (C=O) groups is 1. The fourth-order valence-electron chi connectivity index (χ4n) is 2.96. The second kappa shape index (κ2) is 8.97. The normalized spacial score (nSPS) is 12.0. The molecule has 164 valence electrons. The van der Waals surface area contributed by atoms with Crippen molar-refractivity contribution in [2.24, 2.45) is 0 Å². The summed E-state index contributed by atoms with van der Waals surface area (Å²) in [6.07, 6.45) is -9.14. The first-order valence-corrected chi connectivity index (χ1v) is 9.20. The van der Waals surface area contributed by atoms with E-state index in [1.54, 1.807) is 13.8 Å². The van der Waals surface area contributed by atoms with Crippen molar-refractivity contribution in [2.75, 3.05) is 5.32 Å². The van der Waals surface area contributed by atoms with Gasteiger partial charge < -0.3 is 10.1 Å². The maximum Gasteiger partial charge on any atom is 0.419 e. The molecule has 0 aromatic heterocycles. The van der Waals surface area contributed by atoms with Gasteiger partial charge in [-0.1, -0.05) is 19.9 Å². The lowest BCUT2D eigenvalue weighted by atomic mass is 10.0. The number of rotatable bonds is 6. The highest BCUT2D eigenvalue weighted by Gasteiger charge is 2.37. The quantitative estimate of drug-likeness (QED) is 0.527. The van der Waals surface area contributed by atoms with Crippen molar-refractivity contribution in [3.05, 3.63) is 58.1 Å². The topological polar surface area (TPSA) is 38.3 Å². The Morgan fingerprint density at radius 1 is 1.00 bits per heavy atom. The molecule has 0 unspecified atom stereocenters. The van der Waals surface area contributed by atoms with Crippen molar-refractivity contribution in [3.63, 3.8) is 0 Å². The number of halogens is 6. The molecule has 0 atom stereocenters. The van der Waals surface area contributed by atoms with Crippen LogP contribution in [-0.2, 0) is 30.2 Å². The first-order chi connectivity index (χ1) is 13.9. The van der Waals surface area contributed by atoms with Crippen molar-refractivity contribution in [1.29, 1.82) is 0 Å². The largest absolute Gasteiger partial charge is 0.488 e. The Kier molecular flexibility index (Phi) is 7.05. The van der Waals surface area contributed by atoms with Crippen molar-refractivity contribution in [1.82, 2.24) is 0 Å². The van der Waals surface area contributed by atoms with Crippen LogP contribution in [0.3, 0.4) is 0 Å². The van der Waals surface area contributed by atoms with Gasteiger partial charge in [0.1, 0.15) is 12.4 Å². The Hall–Kier alpha value is -2.71. The molecule has 1 amide bonds. The van der Waals surface area contributed by atoms with Crippen molar-refractivity contribution in [3.8, 4) is 5.75 Å². The summed E-state index contributed by atoms with van der Waals surface area (Å²) in [5.74, 6) is -1.10. The summed E-state index contributed by atoms with van der Waals surface area (Å²) in [7, 11) is 0. The molecule has 30 heavy (non-hydrogen) atoms. The van der Waals surface area contributed by atoms with Crippen LogP contribution in [0.1, 0.15) is 48.1 Å². The lowest BCUT2D eigenvalue weighted by Crippen LogP contribution is -2.17. The molecular weight excluding hydrogens is 412 g/mol. The average molecular weight is 433 g/mol. The Balaban J connectivity index is 2.51. The average Bonchev–Trinajstić information content (AvgIpc) is 2.64. The SMILES string of the molecule is CCC(=O)Nc1cccc(C(F)(F)F)c1COc1cc(C)c(CC)cc1C(F)(F)F. The highest BCUT2D eigenvalue weighted by molar-refractivity contribution is 5.91. The van der Waals surface area contributed by atoms with E-state index >= 15 is 0 Å². The summed E-state index contributed by atoms with van der Waals surface area (Å²) >= 11 is 0. The number of ether oxygens (including phenoxy) is 1. The van der Waals surface area contributed by atoms with Gasteiger partial charge in [-0.25, -0.2) is 0 Å². The summed E-state index contributed by atoms with van der Waals surface area (Å²) in [5, 5.41) is 2.34. The Morgan fingerprint density at radius 2 is 1.63 bits per heavy atom. The molecule has 0 saturated heterocycles. The number of hydrogen-bond acceptors (Lipinski definition) is 2. The van der Waals surface area contributed by atoms with E-state index in [0.29, 0.717) is 17.5 Å². The minimum Gasteiger partial charge on any atom is -0.488 e. The maximum atomic E-state index is 13.5. The summed E-state index contributed by atoms with van der Waals surface area (Å²) in [6.45, 7) is 4.02. The monoisotopic (exact) mass is 433 g/mol. The highest BCUT2D eigenvalue weighted by Crippen LogP contribution is 2.40. The summed E-state index contributed by atoms with van der Waals surface area (Å²) in [4.78, 5) is 11.7. The number of anilines is 1. The van der Waals surface area contributed by atoms with E-state index in [1.807, 2.05) is 0 Å². The standard InChI is InChI=1S/C21H21F6NO2/c1-4-13-10-16(21(25,26)27)18(9-12(13)3)30-11-14-15(20(22,23)24)7-6-8-17(14)28-19(29)5-2/h6-10H,4-5,11H2,1-3H3,(H,28,29). The Morgan fingerprint density at radius 3 is 2.17 bits per heavy atom. The fraction of sp³-hybridized carbons (Fsp3) is 0.381. The van der Waals surface area contributed by atoms with Gasteiger partial charge in [0.15, 0.2) is 0 Å². The molecule has 0 aliphatic heterocycles. The van der Waals surface area contributed by atoms with Crippen LogP contribution in [0.15, 0.2) is 30.3 Å². The molecule has 0 saturated carbocycles. The molecule has 0 aliphatic rings. The van der Waals surface area contributed by atoms with Crippen LogP contribution in [0.5, 0.6) is 5.75 Å². The van der Waals surface area contributed by atoms with Crippen LogP contribution in [0.25, 0.3) is 0 Å². The smallest absolute Gasteiger partial charge is 0.419 e. The lowest BCUT2D eigenvalue weighted by Gasteiger charge is -2.20. The maximum absolute atomic E-state index is 13.5. The molecular formula is C21H21F6NO2. The van der Waals surface area contributed by atoms with E-state index in [9.17, 15) is 31.1 Å². The van der Waals surface area contributed by atoms with E-state index in [2.05, 4.69) is 5.32 Å². The predicted octanol–water partition coefficient (Wildman–Crippen LogP) is 6.52. The molecule has 1 N–H and O–H groups in total. The van der Waals surface area contributed by atoms with Crippen LogP contribution in [0, 0.1) is 6.92 Å². The number of alkyl halides is 6. The van der Waals surface area contributed by atoms with Crippen LogP contribution in [0.4, 0.5) is 32.0 Å². The predicted molar refractivity (Wildman–Crippen MR) is 100 cm³/mol. The third kappa shape index (κ3) is 5.46. The van der Waals surface area contributed by atoms with Gasteiger partial charge in [-0.15, -0.1) is 0 Å². The zero-order valence-electron chi connectivity index (χ0n) is 16.6. The van der Waals surface area contributed by atoms with E-state index in [-0.39, 0.29) is 12.1 Å². The van der Waals surface area contributed by atoms with Crippen LogP contribution >= 0.6 is 0 Å². The molecule has 0 aliphatic carbocycles. The van der Waals surface area contributed by atoms with Crippen LogP contribution in [-0.4, -0.2) is 5.91 Å². The molecule has 9 heteroatoms. The molecule has 0 bridgehead atoms. The first-order valence-electron chi connectivity index (χ1n) is 9.20. The third-order valence-corrected chi connectivity index (χ3v) is 4.57. The second-order valence-corrected chi connectivity index (χ2v) is 6.65. The van der Waals surface area contributed by atoms with Gasteiger partial charge in [0.05, 0.1) is 11.1 Å². The number of carbonyl (C=O) groups excluding carboxylic acids is 1. The zero-order valence-corrected chi connectivity index (χ0v) is 16.6. The van der Waals surface area contributed by atoms with Gasteiger partial charge in [-0.3, -0.25) is 4.79 Å². The molecule has 2 aromatic carbocycles. The number of aryl methyl sites for hydroxylation is 2. The van der Waals surface area contributed by atoms with Gasteiger partial charge in [-0.05, 0) is 48.7 Å². The number of hydrogen-bond donors (Lipinski definition) is 1. The summed E-state index contributed by atoms with van der Waals surface area (Å²) < 4.78 is 86.0. The number of benzene rings is 2. The highest BCUT2D eigenvalue weighted by atomic mass is 19.4. The zero-order chi connectivity index (χ0) is 22.7. The third-order valence-electron chi connectivity index (χ3n) is 4.57. The fourth-order valence-corrected chi connectivity index (χ4v) is 2.96. The van der Waals surface area contributed by atoms with E-state index in [4.69, 9.17) is 4.74 Å². The van der Waals surface area contributed by atoms with Gasteiger partial charge in [0, 0.05) is 17.7 Å². The molecule has 0 radical (unpaired) electrons. The van der Waals surface area contributed by atoms with Gasteiger partial charge in [0.25, 0.3) is 0 Å². The number of amides is 1.